The first kappa shape index (κ1) is 9.05. The number of hydrogen-bond acceptors (Lipinski definition) is 1. The van der Waals surface area contributed by atoms with E-state index in [2.05, 4.69) is 20.8 Å². The van der Waals surface area contributed by atoms with Gasteiger partial charge in [-0.15, -0.1) is 0 Å². The van der Waals surface area contributed by atoms with Gasteiger partial charge in [-0.25, -0.2) is 0 Å². The Labute approximate surface area is 70.1 Å². The van der Waals surface area contributed by atoms with Gasteiger partial charge in [-0.2, -0.15) is 0 Å². The van der Waals surface area contributed by atoms with Crippen molar-refractivity contribution in [1.82, 2.24) is 0 Å². The molecule has 0 aromatic carbocycles. The van der Waals surface area contributed by atoms with E-state index in [0.29, 0.717) is 12.2 Å². The van der Waals surface area contributed by atoms with Crippen molar-refractivity contribution in [2.24, 2.45) is 5.92 Å². The maximum atomic E-state index is 5.35. The van der Waals surface area contributed by atoms with Crippen molar-refractivity contribution in [1.29, 1.82) is 0 Å². The number of hydrogen-bond donors (Lipinski definition) is 0. The summed E-state index contributed by atoms with van der Waals surface area (Å²) in [7, 11) is 0. The molecule has 3 atom stereocenters. The van der Waals surface area contributed by atoms with Gasteiger partial charge in [-0.05, 0) is 25.7 Å². The molecule has 1 aliphatic rings. The summed E-state index contributed by atoms with van der Waals surface area (Å²) in [6.07, 6.45) is 6.49. The summed E-state index contributed by atoms with van der Waals surface area (Å²) in [4.78, 5) is 0. The van der Waals surface area contributed by atoms with E-state index < -0.39 is 0 Å². The normalized spacial score (nSPS) is 31.9. The molecule has 66 valence electrons. The van der Waals surface area contributed by atoms with E-state index in [1.165, 1.54) is 25.7 Å². The van der Waals surface area contributed by atoms with Crippen molar-refractivity contribution >= 4 is 0 Å². The first-order valence-corrected chi connectivity index (χ1v) is 4.89. The van der Waals surface area contributed by atoms with Gasteiger partial charge in [0.2, 0.25) is 0 Å². The molecule has 1 rings (SSSR count). The highest BCUT2D eigenvalue weighted by Crippen LogP contribution is 2.28. The Bertz CT molecular complexity index is 111. The Kier molecular flexibility index (Phi) is 3.38. The molecule has 0 aliphatic carbocycles. The number of ether oxygens (including phenoxy) is 1. The van der Waals surface area contributed by atoms with E-state index in [0.717, 1.165) is 5.92 Å². The SMILES string of the molecule is CCCC(C)CCC1OC1C. The summed E-state index contributed by atoms with van der Waals surface area (Å²) in [6, 6.07) is 0. The van der Waals surface area contributed by atoms with Gasteiger partial charge < -0.3 is 4.74 Å². The molecule has 1 heteroatoms. The number of rotatable bonds is 5. The van der Waals surface area contributed by atoms with Crippen LogP contribution >= 0.6 is 0 Å². The highest BCUT2D eigenvalue weighted by atomic mass is 16.6. The summed E-state index contributed by atoms with van der Waals surface area (Å²) in [6.45, 7) is 6.76. The summed E-state index contributed by atoms with van der Waals surface area (Å²) in [5.74, 6) is 0.899. The van der Waals surface area contributed by atoms with Gasteiger partial charge in [0.05, 0.1) is 12.2 Å². The molecule has 0 bridgehead atoms. The second-order valence-corrected chi connectivity index (χ2v) is 3.85. The second kappa shape index (κ2) is 4.10. The van der Waals surface area contributed by atoms with E-state index >= 15 is 0 Å². The highest BCUT2D eigenvalue weighted by Gasteiger charge is 2.33. The Morgan fingerprint density at radius 3 is 2.45 bits per heavy atom. The molecule has 0 saturated carbocycles. The van der Waals surface area contributed by atoms with Gasteiger partial charge in [0, 0.05) is 0 Å². The molecule has 1 nitrogen and oxygen atoms in total. The van der Waals surface area contributed by atoms with Gasteiger partial charge in [0.1, 0.15) is 0 Å². The van der Waals surface area contributed by atoms with E-state index in [9.17, 15) is 0 Å². The van der Waals surface area contributed by atoms with Crippen molar-refractivity contribution in [3.05, 3.63) is 0 Å². The fraction of sp³-hybridized carbons (Fsp3) is 1.00. The van der Waals surface area contributed by atoms with Gasteiger partial charge >= 0.3 is 0 Å². The molecule has 1 heterocycles. The zero-order valence-electron chi connectivity index (χ0n) is 7.97. The third-order valence-electron chi connectivity index (χ3n) is 2.56. The maximum Gasteiger partial charge on any atom is 0.0839 e. The van der Waals surface area contributed by atoms with Crippen LogP contribution in [0.25, 0.3) is 0 Å². The van der Waals surface area contributed by atoms with Gasteiger partial charge in [-0.1, -0.05) is 26.7 Å². The predicted molar refractivity (Wildman–Crippen MR) is 47.6 cm³/mol. The van der Waals surface area contributed by atoms with Gasteiger partial charge in [0.15, 0.2) is 0 Å². The lowest BCUT2D eigenvalue weighted by Gasteiger charge is -2.07. The van der Waals surface area contributed by atoms with Gasteiger partial charge in [-0.3, -0.25) is 0 Å². The minimum atomic E-state index is 0.559. The lowest BCUT2D eigenvalue weighted by Crippen LogP contribution is -1.97. The third kappa shape index (κ3) is 3.24. The van der Waals surface area contributed by atoms with E-state index in [1.54, 1.807) is 0 Å². The zero-order chi connectivity index (χ0) is 8.27. The molecule has 0 radical (unpaired) electrons. The van der Waals surface area contributed by atoms with E-state index in [4.69, 9.17) is 4.74 Å². The molecule has 11 heavy (non-hydrogen) atoms. The van der Waals surface area contributed by atoms with Crippen LogP contribution in [-0.4, -0.2) is 12.2 Å². The Balaban J connectivity index is 1.94. The van der Waals surface area contributed by atoms with Gasteiger partial charge in [0.25, 0.3) is 0 Å². The first-order valence-electron chi connectivity index (χ1n) is 4.89. The van der Waals surface area contributed by atoms with Crippen LogP contribution in [0.3, 0.4) is 0 Å². The molecule has 3 unspecified atom stereocenters. The second-order valence-electron chi connectivity index (χ2n) is 3.85. The van der Waals surface area contributed by atoms with Crippen LogP contribution in [0.1, 0.15) is 46.5 Å². The van der Waals surface area contributed by atoms with Crippen LogP contribution in [-0.2, 0) is 4.74 Å². The van der Waals surface area contributed by atoms with E-state index in [-0.39, 0.29) is 0 Å². The summed E-state index contributed by atoms with van der Waals surface area (Å²) < 4.78 is 5.35. The average Bonchev–Trinajstić information content (AvgIpc) is 2.63. The minimum Gasteiger partial charge on any atom is -0.370 e. The van der Waals surface area contributed by atoms with Crippen molar-refractivity contribution in [3.8, 4) is 0 Å². The molecule has 1 fully saturated rings. The van der Waals surface area contributed by atoms with Crippen LogP contribution in [0.2, 0.25) is 0 Å². The Morgan fingerprint density at radius 1 is 1.36 bits per heavy atom. The molecular formula is C10H20O. The molecule has 0 spiro atoms. The molecular weight excluding hydrogens is 136 g/mol. The zero-order valence-corrected chi connectivity index (χ0v) is 7.97. The standard InChI is InChI=1S/C10H20O/c1-4-5-8(2)6-7-10-9(3)11-10/h8-10H,4-7H2,1-3H3. The average molecular weight is 156 g/mol. The summed E-state index contributed by atoms with van der Waals surface area (Å²) >= 11 is 0. The third-order valence-corrected chi connectivity index (χ3v) is 2.56. The van der Waals surface area contributed by atoms with E-state index in [1.807, 2.05) is 0 Å². The molecule has 0 aromatic heterocycles. The Hall–Kier alpha value is -0.0400. The van der Waals surface area contributed by atoms with Crippen LogP contribution in [0.5, 0.6) is 0 Å². The molecule has 1 aliphatic heterocycles. The van der Waals surface area contributed by atoms with Crippen LogP contribution in [0, 0.1) is 5.92 Å². The maximum absolute atomic E-state index is 5.35. The van der Waals surface area contributed by atoms with Crippen LogP contribution < -0.4 is 0 Å². The van der Waals surface area contributed by atoms with Crippen LogP contribution in [0.15, 0.2) is 0 Å². The minimum absolute atomic E-state index is 0.559. The summed E-state index contributed by atoms with van der Waals surface area (Å²) in [5, 5.41) is 0. The molecule has 0 amide bonds. The van der Waals surface area contributed by atoms with Crippen molar-refractivity contribution in [3.63, 3.8) is 0 Å². The highest BCUT2D eigenvalue weighted by molar-refractivity contribution is 4.80. The monoisotopic (exact) mass is 156 g/mol. The quantitative estimate of drug-likeness (QED) is 0.557. The molecule has 0 aromatic rings. The van der Waals surface area contributed by atoms with Crippen molar-refractivity contribution < 1.29 is 4.74 Å². The van der Waals surface area contributed by atoms with Crippen molar-refractivity contribution in [2.45, 2.75) is 58.7 Å². The largest absolute Gasteiger partial charge is 0.370 e. The lowest BCUT2D eigenvalue weighted by molar-refractivity contribution is 0.350. The Morgan fingerprint density at radius 2 is 2.00 bits per heavy atom. The smallest absolute Gasteiger partial charge is 0.0839 e. The topological polar surface area (TPSA) is 12.5 Å². The lowest BCUT2D eigenvalue weighted by atomic mass is 9.99. The fourth-order valence-electron chi connectivity index (χ4n) is 1.62. The van der Waals surface area contributed by atoms with Crippen LogP contribution in [0.4, 0.5) is 0 Å². The first-order chi connectivity index (χ1) is 5.24. The molecule has 1 saturated heterocycles. The summed E-state index contributed by atoms with van der Waals surface area (Å²) in [5.41, 5.74) is 0. The van der Waals surface area contributed by atoms with Crippen molar-refractivity contribution in [2.75, 3.05) is 0 Å². The molecule has 0 N–H and O–H groups in total. The number of epoxide rings is 1. The fourth-order valence-corrected chi connectivity index (χ4v) is 1.62. The predicted octanol–water partition coefficient (Wildman–Crippen LogP) is 2.99.